The number of nitrogens with zero attached hydrogens (tertiary/aromatic N) is 1. The molecule has 0 unspecified atom stereocenters. The van der Waals surface area contributed by atoms with Crippen molar-refractivity contribution in [3.05, 3.63) is 35.9 Å². The molecule has 1 fully saturated rings. The molecule has 120 valence electrons. The van der Waals surface area contributed by atoms with Crippen molar-refractivity contribution in [2.45, 2.75) is 45.4 Å². The molecule has 0 radical (unpaired) electrons. The average Bonchev–Trinajstić information content (AvgIpc) is 3.03. The predicted octanol–water partition coefficient (Wildman–Crippen LogP) is 1.72. The lowest BCUT2D eigenvalue weighted by Crippen LogP contribution is -2.48. The first kappa shape index (κ1) is 16.5. The molecule has 1 N–H and O–H groups in total. The lowest BCUT2D eigenvalue weighted by Gasteiger charge is -2.27. The van der Waals surface area contributed by atoms with E-state index in [-0.39, 0.29) is 17.9 Å². The quantitative estimate of drug-likeness (QED) is 0.870. The minimum absolute atomic E-state index is 0.107. The van der Waals surface area contributed by atoms with E-state index in [0.29, 0.717) is 13.1 Å². The first-order valence-electron chi connectivity index (χ1n) is 7.78. The fourth-order valence-electron chi connectivity index (χ4n) is 2.61. The first-order chi connectivity index (χ1) is 10.6. The lowest BCUT2D eigenvalue weighted by molar-refractivity contribution is -0.139. The molecule has 5 nitrogen and oxygen atoms in total. The van der Waals surface area contributed by atoms with E-state index in [2.05, 4.69) is 5.32 Å². The molecule has 1 aromatic rings. The Balaban J connectivity index is 1.91. The van der Waals surface area contributed by atoms with Gasteiger partial charge in [-0.3, -0.25) is 9.59 Å². The second kappa shape index (κ2) is 7.94. The number of benzene rings is 1. The third-order valence-electron chi connectivity index (χ3n) is 3.98. The molecule has 5 heteroatoms. The van der Waals surface area contributed by atoms with Crippen molar-refractivity contribution in [2.75, 3.05) is 13.2 Å². The van der Waals surface area contributed by atoms with Crippen LogP contribution < -0.4 is 5.32 Å². The van der Waals surface area contributed by atoms with Crippen LogP contribution >= 0.6 is 0 Å². The number of nitrogens with one attached hydrogen (secondary N) is 1. The third-order valence-corrected chi connectivity index (χ3v) is 3.98. The van der Waals surface area contributed by atoms with E-state index in [1.165, 1.54) is 6.92 Å². The van der Waals surface area contributed by atoms with E-state index in [0.717, 1.165) is 25.0 Å². The third kappa shape index (κ3) is 4.56. The maximum Gasteiger partial charge on any atom is 0.242 e. The normalized spacial score (nSPS) is 18.7. The van der Waals surface area contributed by atoms with Gasteiger partial charge >= 0.3 is 0 Å². The van der Waals surface area contributed by atoms with E-state index < -0.39 is 6.04 Å². The topological polar surface area (TPSA) is 58.6 Å². The molecular formula is C17H24N2O3. The van der Waals surface area contributed by atoms with Crippen molar-refractivity contribution in [1.82, 2.24) is 10.2 Å². The summed E-state index contributed by atoms with van der Waals surface area (Å²) >= 11 is 0. The van der Waals surface area contributed by atoms with Crippen molar-refractivity contribution < 1.29 is 14.3 Å². The minimum Gasteiger partial charge on any atom is -0.376 e. The second-order valence-electron chi connectivity index (χ2n) is 5.69. The summed E-state index contributed by atoms with van der Waals surface area (Å²) in [5.74, 6) is -0.245. The van der Waals surface area contributed by atoms with Gasteiger partial charge in [-0.1, -0.05) is 30.3 Å². The molecule has 1 saturated heterocycles. The van der Waals surface area contributed by atoms with Gasteiger partial charge in [-0.2, -0.15) is 0 Å². The van der Waals surface area contributed by atoms with E-state index in [1.807, 2.05) is 30.3 Å². The molecule has 2 atom stereocenters. The molecule has 0 saturated carbocycles. The molecular weight excluding hydrogens is 280 g/mol. The van der Waals surface area contributed by atoms with Gasteiger partial charge in [-0.15, -0.1) is 0 Å². The molecule has 0 aromatic heterocycles. The maximum atomic E-state index is 12.3. The Morgan fingerprint density at radius 2 is 2.09 bits per heavy atom. The molecule has 2 rings (SSSR count). The number of amides is 2. The van der Waals surface area contributed by atoms with Crippen LogP contribution in [0.1, 0.15) is 32.3 Å². The molecule has 0 bridgehead atoms. The second-order valence-corrected chi connectivity index (χ2v) is 5.69. The van der Waals surface area contributed by atoms with Crippen LogP contribution in [0.2, 0.25) is 0 Å². The highest BCUT2D eigenvalue weighted by Gasteiger charge is 2.25. The Hall–Kier alpha value is -1.88. The summed E-state index contributed by atoms with van der Waals surface area (Å²) in [5, 5.41) is 2.89. The van der Waals surface area contributed by atoms with Gasteiger partial charge in [0.2, 0.25) is 11.8 Å². The van der Waals surface area contributed by atoms with Gasteiger partial charge in [-0.25, -0.2) is 0 Å². The number of hydrogen-bond acceptors (Lipinski definition) is 3. The van der Waals surface area contributed by atoms with Crippen LogP contribution in [0.4, 0.5) is 0 Å². The van der Waals surface area contributed by atoms with Crippen molar-refractivity contribution in [1.29, 1.82) is 0 Å². The molecule has 1 aliphatic heterocycles. The van der Waals surface area contributed by atoms with Gasteiger partial charge in [-0.05, 0) is 25.3 Å². The Morgan fingerprint density at radius 1 is 1.36 bits per heavy atom. The highest BCUT2D eigenvalue weighted by molar-refractivity contribution is 5.86. The van der Waals surface area contributed by atoms with Crippen LogP contribution in [0.5, 0.6) is 0 Å². The standard InChI is InChI=1S/C17H24N2O3/c1-13(17(21)18-11-16-9-6-10-22-16)19(14(2)20)12-15-7-4-3-5-8-15/h3-5,7-8,13,16H,6,9-12H2,1-2H3,(H,18,21)/t13-,16+/m0/s1. The minimum atomic E-state index is -0.501. The van der Waals surface area contributed by atoms with Crippen molar-refractivity contribution >= 4 is 11.8 Å². The summed E-state index contributed by atoms with van der Waals surface area (Å²) in [7, 11) is 0. The Morgan fingerprint density at radius 3 is 2.68 bits per heavy atom. The summed E-state index contributed by atoms with van der Waals surface area (Å²) in [6, 6.07) is 9.18. The Bertz CT molecular complexity index is 498. The monoisotopic (exact) mass is 304 g/mol. The summed E-state index contributed by atoms with van der Waals surface area (Å²) in [6.07, 6.45) is 2.13. The van der Waals surface area contributed by atoms with Gasteiger partial charge in [0.1, 0.15) is 6.04 Å². The summed E-state index contributed by atoms with van der Waals surface area (Å²) in [5.41, 5.74) is 1.01. The van der Waals surface area contributed by atoms with Crippen LogP contribution in [-0.4, -0.2) is 42.0 Å². The van der Waals surface area contributed by atoms with Crippen LogP contribution in [0.25, 0.3) is 0 Å². The molecule has 2 amide bonds. The summed E-state index contributed by atoms with van der Waals surface area (Å²) in [6.45, 7) is 4.97. The molecule has 1 heterocycles. The molecule has 1 aromatic carbocycles. The van der Waals surface area contributed by atoms with Crippen molar-refractivity contribution in [3.63, 3.8) is 0 Å². The van der Waals surface area contributed by atoms with Gasteiger partial charge in [0.25, 0.3) is 0 Å². The number of carbonyl (C=O) groups excluding carboxylic acids is 2. The molecule has 0 spiro atoms. The zero-order chi connectivity index (χ0) is 15.9. The lowest BCUT2D eigenvalue weighted by atomic mass is 10.1. The zero-order valence-electron chi connectivity index (χ0n) is 13.2. The van der Waals surface area contributed by atoms with Crippen LogP contribution in [-0.2, 0) is 20.9 Å². The fourth-order valence-corrected chi connectivity index (χ4v) is 2.61. The van der Waals surface area contributed by atoms with E-state index in [1.54, 1.807) is 11.8 Å². The van der Waals surface area contributed by atoms with Gasteiger partial charge in [0.05, 0.1) is 6.10 Å². The van der Waals surface area contributed by atoms with E-state index >= 15 is 0 Å². The van der Waals surface area contributed by atoms with Gasteiger partial charge in [0.15, 0.2) is 0 Å². The Labute approximate surface area is 131 Å². The van der Waals surface area contributed by atoms with E-state index in [9.17, 15) is 9.59 Å². The van der Waals surface area contributed by atoms with Crippen molar-refractivity contribution in [3.8, 4) is 0 Å². The van der Waals surface area contributed by atoms with E-state index in [4.69, 9.17) is 4.74 Å². The molecule has 0 aliphatic carbocycles. The average molecular weight is 304 g/mol. The number of carbonyl (C=O) groups is 2. The zero-order valence-corrected chi connectivity index (χ0v) is 13.2. The largest absolute Gasteiger partial charge is 0.376 e. The maximum absolute atomic E-state index is 12.3. The summed E-state index contributed by atoms with van der Waals surface area (Å²) in [4.78, 5) is 25.7. The van der Waals surface area contributed by atoms with Gasteiger partial charge in [0, 0.05) is 26.6 Å². The number of rotatable bonds is 6. The summed E-state index contributed by atoms with van der Waals surface area (Å²) < 4.78 is 5.49. The predicted molar refractivity (Wildman–Crippen MR) is 84.1 cm³/mol. The van der Waals surface area contributed by atoms with Crippen LogP contribution in [0, 0.1) is 0 Å². The van der Waals surface area contributed by atoms with Crippen LogP contribution in [0.3, 0.4) is 0 Å². The highest BCUT2D eigenvalue weighted by Crippen LogP contribution is 2.12. The first-order valence-corrected chi connectivity index (χ1v) is 7.78. The number of hydrogen-bond donors (Lipinski definition) is 1. The van der Waals surface area contributed by atoms with Crippen molar-refractivity contribution in [2.24, 2.45) is 0 Å². The Kier molecular flexibility index (Phi) is 5.95. The van der Waals surface area contributed by atoms with Gasteiger partial charge < -0.3 is 15.0 Å². The smallest absolute Gasteiger partial charge is 0.242 e. The number of ether oxygens (including phenoxy) is 1. The highest BCUT2D eigenvalue weighted by atomic mass is 16.5. The molecule has 1 aliphatic rings. The fraction of sp³-hybridized carbons (Fsp3) is 0.529. The SMILES string of the molecule is CC(=O)N(Cc1ccccc1)[C@@H](C)C(=O)NC[C@H]1CCCO1. The van der Waals surface area contributed by atoms with Crippen LogP contribution in [0.15, 0.2) is 30.3 Å². The molecule has 22 heavy (non-hydrogen) atoms.